The minimum absolute atomic E-state index is 0.334. The first-order chi connectivity index (χ1) is 7.44. The van der Waals surface area contributed by atoms with Gasteiger partial charge in [0.05, 0.1) is 7.11 Å². The fraction of sp³-hybridized carbons (Fsp3) is 0.417. The minimum Gasteiger partial charge on any atom is -0.491 e. The number of benzene rings is 1. The van der Waals surface area contributed by atoms with Crippen molar-refractivity contribution in [3.63, 3.8) is 0 Å². The van der Waals surface area contributed by atoms with Gasteiger partial charge < -0.3 is 15.2 Å². The maximum Gasteiger partial charge on any atom is 0.341 e. The molecule has 0 aliphatic carbocycles. The number of carbonyl (C=O) groups excluding carboxylic acids is 1. The molecule has 88 valence electrons. The average Bonchev–Trinajstić information content (AvgIpc) is 2.25. The Balaban J connectivity index is 2.83. The lowest BCUT2D eigenvalue weighted by molar-refractivity contribution is 0.0595. The molecule has 0 radical (unpaired) electrons. The molecular formula is C12H17NO3. The van der Waals surface area contributed by atoms with Crippen LogP contribution < -0.4 is 10.5 Å². The summed E-state index contributed by atoms with van der Waals surface area (Å²) in [5.74, 6) is 0.0818. The van der Waals surface area contributed by atoms with Crippen molar-refractivity contribution in [1.82, 2.24) is 0 Å². The zero-order valence-electron chi connectivity index (χ0n) is 9.82. The number of ether oxygens (including phenoxy) is 2. The maximum atomic E-state index is 11.4. The number of hydrogen-bond donors (Lipinski definition) is 1. The summed E-state index contributed by atoms with van der Waals surface area (Å²) >= 11 is 0. The van der Waals surface area contributed by atoms with Crippen molar-refractivity contribution in [2.45, 2.75) is 19.4 Å². The van der Waals surface area contributed by atoms with Gasteiger partial charge in [-0.2, -0.15) is 0 Å². The predicted molar refractivity (Wildman–Crippen MR) is 61.5 cm³/mol. The first-order valence-corrected chi connectivity index (χ1v) is 5.03. The molecule has 0 aliphatic rings. The molecule has 1 rings (SSSR count). The van der Waals surface area contributed by atoms with Crippen molar-refractivity contribution in [2.75, 3.05) is 13.7 Å². The fourth-order valence-corrected chi connectivity index (χ4v) is 1.13. The molecule has 0 saturated heterocycles. The summed E-state index contributed by atoms with van der Waals surface area (Å²) in [5.41, 5.74) is 5.77. The molecule has 0 bridgehead atoms. The highest BCUT2D eigenvalue weighted by molar-refractivity contribution is 5.92. The lowest BCUT2D eigenvalue weighted by atomic mass is 10.1. The Morgan fingerprint density at radius 3 is 2.56 bits per heavy atom. The second kappa shape index (κ2) is 4.99. The van der Waals surface area contributed by atoms with E-state index in [9.17, 15) is 4.79 Å². The van der Waals surface area contributed by atoms with Gasteiger partial charge >= 0.3 is 5.97 Å². The molecule has 0 aliphatic heterocycles. The SMILES string of the molecule is COC(=O)c1ccccc1OCC(C)(C)N. The zero-order chi connectivity index (χ0) is 12.2. The summed E-state index contributed by atoms with van der Waals surface area (Å²) in [6.45, 7) is 4.04. The Kier molecular flexibility index (Phi) is 3.90. The fourth-order valence-electron chi connectivity index (χ4n) is 1.13. The van der Waals surface area contributed by atoms with Gasteiger partial charge in [0.1, 0.15) is 17.9 Å². The van der Waals surface area contributed by atoms with E-state index in [0.717, 1.165) is 0 Å². The monoisotopic (exact) mass is 223 g/mol. The molecular weight excluding hydrogens is 206 g/mol. The number of methoxy groups -OCH3 is 1. The number of esters is 1. The van der Waals surface area contributed by atoms with Gasteiger partial charge in [0, 0.05) is 5.54 Å². The van der Waals surface area contributed by atoms with Crippen LogP contribution in [-0.2, 0) is 4.74 Å². The molecule has 4 heteroatoms. The summed E-state index contributed by atoms with van der Waals surface area (Å²) in [6, 6.07) is 6.93. The van der Waals surface area contributed by atoms with Crippen molar-refractivity contribution >= 4 is 5.97 Å². The third kappa shape index (κ3) is 3.55. The lowest BCUT2D eigenvalue weighted by Gasteiger charge is -2.19. The largest absolute Gasteiger partial charge is 0.491 e. The Hall–Kier alpha value is -1.55. The smallest absolute Gasteiger partial charge is 0.341 e. The second-order valence-corrected chi connectivity index (χ2v) is 4.26. The molecule has 16 heavy (non-hydrogen) atoms. The van der Waals surface area contributed by atoms with Crippen molar-refractivity contribution < 1.29 is 14.3 Å². The molecule has 0 atom stereocenters. The van der Waals surface area contributed by atoms with Gasteiger partial charge in [-0.1, -0.05) is 12.1 Å². The molecule has 2 N–H and O–H groups in total. The van der Waals surface area contributed by atoms with E-state index in [0.29, 0.717) is 17.9 Å². The van der Waals surface area contributed by atoms with Crippen molar-refractivity contribution in [1.29, 1.82) is 0 Å². The van der Waals surface area contributed by atoms with E-state index in [2.05, 4.69) is 4.74 Å². The highest BCUT2D eigenvalue weighted by Crippen LogP contribution is 2.19. The van der Waals surface area contributed by atoms with Crippen LogP contribution in [0.1, 0.15) is 24.2 Å². The average molecular weight is 223 g/mol. The quantitative estimate of drug-likeness (QED) is 0.787. The second-order valence-electron chi connectivity index (χ2n) is 4.26. The van der Waals surface area contributed by atoms with Crippen molar-refractivity contribution in [3.8, 4) is 5.75 Å². The number of nitrogens with two attached hydrogens (primary N) is 1. The van der Waals surface area contributed by atoms with E-state index in [1.165, 1.54) is 7.11 Å². The Morgan fingerprint density at radius 2 is 2.00 bits per heavy atom. The summed E-state index contributed by atoms with van der Waals surface area (Å²) in [7, 11) is 1.34. The van der Waals surface area contributed by atoms with Crippen LogP contribution in [0.5, 0.6) is 5.75 Å². The van der Waals surface area contributed by atoms with Crippen LogP contribution in [0.25, 0.3) is 0 Å². The van der Waals surface area contributed by atoms with Gasteiger partial charge in [-0.15, -0.1) is 0 Å². The maximum absolute atomic E-state index is 11.4. The summed E-state index contributed by atoms with van der Waals surface area (Å²) < 4.78 is 10.2. The zero-order valence-corrected chi connectivity index (χ0v) is 9.82. The van der Waals surface area contributed by atoms with Gasteiger partial charge in [0.15, 0.2) is 0 Å². The van der Waals surface area contributed by atoms with Crippen LogP contribution in [0.3, 0.4) is 0 Å². The van der Waals surface area contributed by atoms with Crippen LogP contribution >= 0.6 is 0 Å². The van der Waals surface area contributed by atoms with Crippen LogP contribution in [0.15, 0.2) is 24.3 Å². The highest BCUT2D eigenvalue weighted by Gasteiger charge is 2.16. The number of carbonyl (C=O) groups is 1. The summed E-state index contributed by atoms with van der Waals surface area (Å²) in [6.07, 6.45) is 0. The summed E-state index contributed by atoms with van der Waals surface area (Å²) in [5, 5.41) is 0. The molecule has 0 fully saturated rings. The van der Waals surface area contributed by atoms with Crippen LogP contribution in [0.4, 0.5) is 0 Å². The Labute approximate surface area is 95.3 Å². The topological polar surface area (TPSA) is 61.5 Å². The van der Waals surface area contributed by atoms with Gasteiger partial charge in [0.25, 0.3) is 0 Å². The number of hydrogen-bond acceptors (Lipinski definition) is 4. The molecule has 0 aromatic heterocycles. The van der Waals surface area contributed by atoms with Gasteiger partial charge in [-0.05, 0) is 26.0 Å². The first-order valence-electron chi connectivity index (χ1n) is 5.03. The van der Waals surface area contributed by atoms with E-state index in [1.807, 2.05) is 13.8 Å². The van der Waals surface area contributed by atoms with Gasteiger partial charge in [-0.25, -0.2) is 4.79 Å². The lowest BCUT2D eigenvalue weighted by Crippen LogP contribution is -2.38. The van der Waals surface area contributed by atoms with E-state index >= 15 is 0 Å². The van der Waals surface area contributed by atoms with E-state index in [1.54, 1.807) is 24.3 Å². The van der Waals surface area contributed by atoms with Gasteiger partial charge in [-0.3, -0.25) is 0 Å². The van der Waals surface area contributed by atoms with E-state index in [4.69, 9.17) is 10.5 Å². The van der Waals surface area contributed by atoms with Crippen LogP contribution in [0, 0.1) is 0 Å². The molecule has 0 saturated carbocycles. The first kappa shape index (κ1) is 12.5. The summed E-state index contributed by atoms with van der Waals surface area (Å²) in [4.78, 5) is 11.4. The Morgan fingerprint density at radius 1 is 1.38 bits per heavy atom. The third-order valence-corrected chi connectivity index (χ3v) is 1.89. The van der Waals surface area contributed by atoms with E-state index in [-0.39, 0.29) is 0 Å². The molecule has 4 nitrogen and oxygen atoms in total. The van der Waals surface area contributed by atoms with Crippen molar-refractivity contribution in [2.24, 2.45) is 5.73 Å². The standard InChI is InChI=1S/C12H17NO3/c1-12(2,13)8-16-10-7-5-4-6-9(10)11(14)15-3/h4-7H,8,13H2,1-3H3. The van der Waals surface area contributed by atoms with Crippen molar-refractivity contribution in [3.05, 3.63) is 29.8 Å². The van der Waals surface area contributed by atoms with E-state index < -0.39 is 11.5 Å². The molecule has 0 unspecified atom stereocenters. The van der Waals surface area contributed by atoms with Gasteiger partial charge in [0.2, 0.25) is 0 Å². The molecule has 1 aromatic rings. The van der Waals surface area contributed by atoms with Crippen LogP contribution in [0.2, 0.25) is 0 Å². The Bertz CT molecular complexity index is 369. The number of para-hydroxylation sites is 1. The molecule has 1 aromatic carbocycles. The van der Waals surface area contributed by atoms with Crippen LogP contribution in [-0.4, -0.2) is 25.2 Å². The minimum atomic E-state index is -0.441. The third-order valence-electron chi connectivity index (χ3n) is 1.89. The molecule has 0 heterocycles. The number of rotatable bonds is 4. The molecule has 0 amide bonds. The normalized spacial score (nSPS) is 11.0. The highest BCUT2D eigenvalue weighted by atomic mass is 16.5. The molecule has 0 spiro atoms. The predicted octanol–water partition coefficient (Wildman–Crippen LogP) is 1.59.